The molecule has 0 aromatic heterocycles. The summed E-state index contributed by atoms with van der Waals surface area (Å²) in [6, 6.07) is 0. The van der Waals surface area contributed by atoms with Gasteiger partial charge in [-0.3, -0.25) is 4.79 Å². The fraction of sp³-hybridized carbons (Fsp3) is 0.750. The van der Waals surface area contributed by atoms with Gasteiger partial charge in [-0.15, -0.1) is 0 Å². The Morgan fingerprint density at radius 1 is 1.22 bits per heavy atom. The quantitative estimate of drug-likeness (QED) is 0.376. The molecule has 0 heterocycles. The van der Waals surface area contributed by atoms with Crippen molar-refractivity contribution in [3.63, 3.8) is 0 Å². The number of carbonyl (C=O) groups excluding carboxylic acids is 1. The van der Waals surface area contributed by atoms with Crippen molar-refractivity contribution in [2.24, 2.45) is 16.7 Å². The van der Waals surface area contributed by atoms with Crippen LogP contribution in [-0.2, 0) is 9.22 Å². The van der Waals surface area contributed by atoms with Gasteiger partial charge in [-0.05, 0) is 48.4 Å². The maximum atomic E-state index is 11.9. The molecule has 0 aromatic carbocycles. The monoisotopic (exact) mass is 334 g/mol. The van der Waals surface area contributed by atoms with Crippen LogP contribution in [0.2, 0.25) is 18.1 Å². The zero-order valence-corrected chi connectivity index (χ0v) is 17.0. The fourth-order valence-electron chi connectivity index (χ4n) is 3.70. The maximum Gasteiger partial charge on any atom is 0.191 e. The molecule has 0 aromatic rings. The van der Waals surface area contributed by atoms with Gasteiger partial charge in [-0.25, -0.2) is 0 Å². The largest absolute Gasteiger partial charge is 0.417 e. The molecule has 0 aliphatic heterocycles. The summed E-state index contributed by atoms with van der Waals surface area (Å²) in [4.78, 5) is 11.9. The Kier molecular flexibility index (Phi) is 4.87. The van der Waals surface area contributed by atoms with Crippen LogP contribution in [-0.4, -0.2) is 20.7 Å². The second kappa shape index (κ2) is 6.00. The van der Waals surface area contributed by atoms with E-state index in [0.29, 0.717) is 12.3 Å². The van der Waals surface area contributed by atoms with Crippen molar-refractivity contribution >= 4 is 14.1 Å². The molecule has 3 heteroatoms. The number of hydrogen-bond donors (Lipinski definition) is 0. The molecule has 0 unspecified atom stereocenters. The van der Waals surface area contributed by atoms with Gasteiger partial charge in [0.1, 0.15) is 0 Å². The van der Waals surface area contributed by atoms with E-state index in [0.717, 1.165) is 19.4 Å². The molecule has 0 saturated heterocycles. The molecule has 0 radical (unpaired) electrons. The van der Waals surface area contributed by atoms with Crippen LogP contribution in [0.25, 0.3) is 0 Å². The van der Waals surface area contributed by atoms with Crippen LogP contribution in [0.15, 0.2) is 24.3 Å². The summed E-state index contributed by atoms with van der Waals surface area (Å²) in [5.74, 6) is 0.681. The summed E-state index contributed by atoms with van der Waals surface area (Å²) in [5, 5.41) is 0.264. The zero-order valence-electron chi connectivity index (χ0n) is 16.0. The lowest BCUT2D eigenvalue weighted by Crippen LogP contribution is -2.41. The minimum absolute atomic E-state index is 0.0637. The summed E-state index contributed by atoms with van der Waals surface area (Å²) in [5.41, 5.74) is 0.176. The predicted octanol–water partition coefficient (Wildman–Crippen LogP) is 5.52. The third kappa shape index (κ3) is 3.71. The standard InChI is InChI=1S/C20H34O2Si/c1-18(2,3)23(6,7)22-14-8-10-20-11-9-16(21)15-17(20)19(4,5)12-13-20/h9,11-13,17H,8,10,14-15H2,1-7H3/t17-,20+/m1/s1. The highest BCUT2D eigenvalue weighted by atomic mass is 28.4. The van der Waals surface area contributed by atoms with E-state index in [-0.39, 0.29) is 21.7 Å². The van der Waals surface area contributed by atoms with Gasteiger partial charge < -0.3 is 4.43 Å². The van der Waals surface area contributed by atoms with Crippen molar-refractivity contribution in [3.8, 4) is 0 Å². The molecule has 2 atom stereocenters. The fourth-order valence-corrected chi connectivity index (χ4v) is 4.79. The summed E-state index contributed by atoms with van der Waals surface area (Å²) >= 11 is 0. The van der Waals surface area contributed by atoms with Crippen molar-refractivity contribution in [1.82, 2.24) is 0 Å². The minimum atomic E-state index is -1.66. The summed E-state index contributed by atoms with van der Waals surface area (Å²) in [6.45, 7) is 16.8. The summed E-state index contributed by atoms with van der Waals surface area (Å²) in [6.07, 6.45) is 11.5. The van der Waals surface area contributed by atoms with Gasteiger partial charge in [-0.1, -0.05) is 52.8 Å². The first kappa shape index (κ1) is 18.7. The highest BCUT2D eigenvalue weighted by molar-refractivity contribution is 6.74. The molecule has 2 aliphatic carbocycles. The topological polar surface area (TPSA) is 26.3 Å². The van der Waals surface area contributed by atoms with E-state index < -0.39 is 8.32 Å². The van der Waals surface area contributed by atoms with Crippen molar-refractivity contribution in [2.45, 2.75) is 72.0 Å². The van der Waals surface area contributed by atoms with Crippen LogP contribution >= 0.6 is 0 Å². The van der Waals surface area contributed by atoms with Gasteiger partial charge in [0.2, 0.25) is 0 Å². The average Bonchev–Trinajstić information content (AvgIpc) is 2.67. The second-order valence-corrected chi connectivity index (χ2v) is 14.3. The number of hydrogen-bond acceptors (Lipinski definition) is 2. The first-order valence-electron chi connectivity index (χ1n) is 8.96. The van der Waals surface area contributed by atoms with Crippen LogP contribution in [0.3, 0.4) is 0 Å². The summed E-state index contributed by atoms with van der Waals surface area (Å²) < 4.78 is 6.33. The van der Waals surface area contributed by atoms with Crippen molar-refractivity contribution in [2.75, 3.05) is 6.61 Å². The molecule has 0 fully saturated rings. The van der Waals surface area contributed by atoms with Gasteiger partial charge in [0, 0.05) is 18.4 Å². The first-order valence-corrected chi connectivity index (χ1v) is 11.9. The molecule has 130 valence electrons. The van der Waals surface area contributed by atoms with E-state index in [1.54, 1.807) is 6.08 Å². The number of carbonyl (C=O) groups is 1. The van der Waals surface area contributed by atoms with Crippen molar-refractivity contribution in [3.05, 3.63) is 24.3 Å². The average molecular weight is 335 g/mol. The normalized spacial score (nSPS) is 29.9. The smallest absolute Gasteiger partial charge is 0.191 e. The Labute approximate surface area is 143 Å². The number of fused-ring (bicyclic) bond motifs is 1. The Bertz CT molecular complexity index is 522. The molecule has 0 saturated carbocycles. The lowest BCUT2D eigenvalue weighted by Gasteiger charge is -2.41. The Morgan fingerprint density at radius 3 is 2.48 bits per heavy atom. The highest BCUT2D eigenvalue weighted by Gasteiger charge is 2.49. The third-order valence-electron chi connectivity index (χ3n) is 6.38. The molecule has 0 amide bonds. The van der Waals surface area contributed by atoms with Crippen LogP contribution in [0.5, 0.6) is 0 Å². The van der Waals surface area contributed by atoms with Crippen molar-refractivity contribution in [1.29, 1.82) is 0 Å². The van der Waals surface area contributed by atoms with E-state index in [1.807, 2.05) is 0 Å². The SMILES string of the molecule is CC1(C)C=C[C@]2(CCCO[Si](C)(C)C(C)(C)C)C=CC(=O)C[C@H]12. The third-order valence-corrected chi connectivity index (χ3v) is 10.9. The molecule has 0 spiro atoms. The van der Waals surface area contributed by atoms with Gasteiger partial charge in [0.25, 0.3) is 0 Å². The molecule has 0 N–H and O–H groups in total. The zero-order chi connectivity index (χ0) is 17.5. The second-order valence-electron chi connectivity index (χ2n) is 9.54. The lowest BCUT2D eigenvalue weighted by molar-refractivity contribution is -0.117. The van der Waals surface area contributed by atoms with E-state index in [1.165, 1.54) is 0 Å². The lowest BCUT2D eigenvalue weighted by atomic mass is 9.63. The molecule has 2 aliphatic rings. The molecular weight excluding hydrogens is 300 g/mol. The first-order chi connectivity index (χ1) is 10.4. The summed E-state index contributed by atoms with van der Waals surface area (Å²) in [7, 11) is -1.66. The van der Waals surface area contributed by atoms with E-state index in [9.17, 15) is 4.79 Å². The Balaban J connectivity index is 1.98. The number of allylic oxidation sites excluding steroid dienone is 4. The van der Waals surface area contributed by atoms with E-state index in [4.69, 9.17) is 4.43 Å². The van der Waals surface area contributed by atoms with Gasteiger partial charge in [0.15, 0.2) is 14.1 Å². The molecule has 2 rings (SSSR count). The van der Waals surface area contributed by atoms with Crippen LogP contribution in [0, 0.1) is 16.7 Å². The number of rotatable bonds is 5. The van der Waals surface area contributed by atoms with Gasteiger partial charge in [-0.2, -0.15) is 0 Å². The Morgan fingerprint density at radius 2 is 1.87 bits per heavy atom. The van der Waals surface area contributed by atoms with E-state index in [2.05, 4.69) is 65.9 Å². The molecule has 2 nitrogen and oxygen atoms in total. The van der Waals surface area contributed by atoms with Gasteiger partial charge >= 0.3 is 0 Å². The van der Waals surface area contributed by atoms with Crippen LogP contribution < -0.4 is 0 Å². The number of ketones is 1. The van der Waals surface area contributed by atoms with E-state index >= 15 is 0 Å². The maximum absolute atomic E-state index is 11.9. The Hall–Kier alpha value is -0.673. The van der Waals surface area contributed by atoms with Gasteiger partial charge in [0.05, 0.1) is 0 Å². The molecule has 23 heavy (non-hydrogen) atoms. The van der Waals surface area contributed by atoms with Crippen molar-refractivity contribution < 1.29 is 9.22 Å². The highest BCUT2D eigenvalue weighted by Crippen LogP contribution is 2.55. The predicted molar refractivity (Wildman–Crippen MR) is 100.0 cm³/mol. The minimum Gasteiger partial charge on any atom is -0.417 e. The van der Waals surface area contributed by atoms with Crippen LogP contribution in [0.1, 0.15) is 53.9 Å². The van der Waals surface area contributed by atoms with Crippen LogP contribution in [0.4, 0.5) is 0 Å². The molecular formula is C20H34O2Si. The molecule has 0 bridgehead atoms.